The van der Waals surface area contributed by atoms with Gasteiger partial charge in [-0.15, -0.1) is 0 Å². The Morgan fingerprint density at radius 2 is 1.57 bits per heavy atom. The predicted molar refractivity (Wildman–Crippen MR) is 87.0 cm³/mol. The lowest BCUT2D eigenvalue weighted by Crippen LogP contribution is -2.39. The Morgan fingerprint density at radius 3 is 2.09 bits per heavy atom. The van der Waals surface area contributed by atoms with E-state index in [4.69, 9.17) is 0 Å². The van der Waals surface area contributed by atoms with Crippen LogP contribution in [0.1, 0.15) is 45.1 Å². The maximum Gasteiger partial charge on any atom is 0.223 e. The van der Waals surface area contributed by atoms with Gasteiger partial charge in [-0.05, 0) is 57.2 Å². The average molecular weight is 320 g/mol. The summed E-state index contributed by atoms with van der Waals surface area (Å²) in [6.45, 7) is 4.31. The molecule has 0 unspecified atom stereocenters. The summed E-state index contributed by atoms with van der Waals surface area (Å²) in [5.41, 5.74) is 0.879. The van der Waals surface area contributed by atoms with E-state index < -0.39 is 0 Å². The molecule has 0 bridgehead atoms. The molecule has 0 aromatic heterocycles. The molecule has 1 saturated carbocycles. The van der Waals surface area contributed by atoms with E-state index in [9.17, 15) is 14.0 Å². The van der Waals surface area contributed by atoms with Crippen LogP contribution in [0.4, 0.5) is 4.39 Å². The molecule has 1 aliphatic rings. The summed E-state index contributed by atoms with van der Waals surface area (Å²) in [6.07, 6.45) is 3.00. The van der Waals surface area contributed by atoms with Crippen LogP contribution in [-0.4, -0.2) is 17.9 Å². The number of carbonyl (C=O) groups is 2. The summed E-state index contributed by atoms with van der Waals surface area (Å²) in [7, 11) is 0. The maximum atomic E-state index is 12.8. The number of benzene rings is 1. The van der Waals surface area contributed by atoms with Gasteiger partial charge in [-0.25, -0.2) is 4.39 Å². The summed E-state index contributed by atoms with van der Waals surface area (Å²) < 4.78 is 12.8. The van der Waals surface area contributed by atoms with Crippen LogP contribution in [0.3, 0.4) is 0 Å². The Kier molecular flexibility index (Phi) is 6.13. The van der Waals surface area contributed by atoms with Crippen molar-refractivity contribution in [3.63, 3.8) is 0 Å². The third kappa shape index (κ3) is 5.34. The summed E-state index contributed by atoms with van der Waals surface area (Å²) in [4.78, 5) is 24.2. The normalized spacial score (nSPS) is 21.0. The van der Waals surface area contributed by atoms with Crippen molar-refractivity contribution < 1.29 is 14.0 Å². The highest BCUT2D eigenvalue weighted by Crippen LogP contribution is 2.29. The topological polar surface area (TPSA) is 58.2 Å². The minimum atomic E-state index is -0.280. The van der Waals surface area contributed by atoms with Crippen LogP contribution < -0.4 is 10.6 Å². The Balaban J connectivity index is 1.75. The van der Waals surface area contributed by atoms with Crippen molar-refractivity contribution in [2.45, 2.75) is 52.1 Å². The van der Waals surface area contributed by atoms with Gasteiger partial charge in [0.15, 0.2) is 0 Å². The molecule has 0 aliphatic heterocycles. The van der Waals surface area contributed by atoms with E-state index in [0.717, 1.165) is 31.2 Å². The molecule has 23 heavy (non-hydrogen) atoms. The second-order valence-corrected chi connectivity index (χ2v) is 6.56. The number of nitrogens with one attached hydrogen (secondary N) is 2. The van der Waals surface area contributed by atoms with Crippen LogP contribution in [0.2, 0.25) is 0 Å². The fourth-order valence-corrected chi connectivity index (χ4v) is 2.96. The van der Waals surface area contributed by atoms with Gasteiger partial charge in [0.05, 0.1) is 0 Å². The Bertz CT molecular complexity index is 534. The monoisotopic (exact) mass is 320 g/mol. The van der Waals surface area contributed by atoms with Gasteiger partial charge in [-0.3, -0.25) is 9.59 Å². The second-order valence-electron chi connectivity index (χ2n) is 6.56. The zero-order valence-electron chi connectivity index (χ0n) is 13.8. The molecule has 4 nitrogen and oxygen atoms in total. The molecule has 2 N–H and O–H groups in total. The van der Waals surface area contributed by atoms with Crippen molar-refractivity contribution in [1.29, 1.82) is 0 Å². The zero-order valence-corrected chi connectivity index (χ0v) is 13.8. The quantitative estimate of drug-likeness (QED) is 0.876. The standard InChI is InChI=1S/C18H25FN2O2/c1-12(2)21-18(23)15-7-5-14(6-8-15)17(22)20-11-13-3-9-16(19)10-4-13/h3-4,9-10,12,14-15H,5-8,11H2,1-2H3,(H,20,22)(H,21,23). The summed E-state index contributed by atoms with van der Waals surface area (Å²) in [5, 5.41) is 5.84. The highest BCUT2D eigenvalue weighted by Gasteiger charge is 2.29. The molecule has 2 amide bonds. The molecule has 0 radical (unpaired) electrons. The van der Waals surface area contributed by atoms with Crippen molar-refractivity contribution in [3.05, 3.63) is 35.6 Å². The fraction of sp³-hybridized carbons (Fsp3) is 0.556. The lowest BCUT2D eigenvalue weighted by Gasteiger charge is -2.27. The average Bonchev–Trinajstić information content (AvgIpc) is 2.53. The van der Waals surface area contributed by atoms with Gasteiger partial charge in [0.1, 0.15) is 5.82 Å². The third-order valence-corrected chi connectivity index (χ3v) is 4.28. The van der Waals surface area contributed by atoms with Gasteiger partial charge in [0.2, 0.25) is 11.8 Å². The molecule has 1 aromatic rings. The summed E-state index contributed by atoms with van der Waals surface area (Å²) in [6, 6.07) is 6.27. The SMILES string of the molecule is CC(C)NC(=O)C1CCC(C(=O)NCc2ccc(F)cc2)CC1. The zero-order chi connectivity index (χ0) is 16.8. The van der Waals surface area contributed by atoms with Crippen molar-refractivity contribution in [2.75, 3.05) is 0 Å². The lowest BCUT2D eigenvalue weighted by atomic mass is 9.81. The highest BCUT2D eigenvalue weighted by atomic mass is 19.1. The molecule has 126 valence electrons. The largest absolute Gasteiger partial charge is 0.354 e. The van der Waals surface area contributed by atoms with Crippen LogP contribution >= 0.6 is 0 Å². The number of amides is 2. The molecule has 1 fully saturated rings. The molecule has 1 aromatic carbocycles. The van der Waals surface area contributed by atoms with Gasteiger partial charge < -0.3 is 10.6 Å². The van der Waals surface area contributed by atoms with E-state index in [2.05, 4.69) is 10.6 Å². The lowest BCUT2D eigenvalue weighted by molar-refractivity contribution is -0.130. The van der Waals surface area contributed by atoms with Crippen LogP contribution in [0.15, 0.2) is 24.3 Å². The van der Waals surface area contributed by atoms with Crippen LogP contribution in [0.25, 0.3) is 0 Å². The van der Waals surface area contributed by atoms with Gasteiger partial charge in [0, 0.05) is 24.4 Å². The van der Waals surface area contributed by atoms with Crippen molar-refractivity contribution in [3.8, 4) is 0 Å². The van der Waals surface area contributed by atoms with Gasteiger partial charge in [-0.2, -0.15) is 0 Å². The van der Waals surface area contributed by atoms with Crippen molar-refractivity contribution in [1.82, 2.24) is 10.6 Å². The molecular formula is C18H25FN2O2. The van der Waals surface area contributed by atoms with E-state index >= 15 is 0 Å². The van der Waals surface area contributed by atoms with E-state index in [1.54, 1.807) is 12.1 Å². The molecule has 0 saturated heterocycles. The number of hydrogen-bond acceptors (Lipinski definition) is 2. The molecule has 2 rings (SSSR count). The smallest absolute Gasteiger partial charge is 0.223 e. The second kappa shape index (κ2) is 8.09. The Morgan fingerprint density at radius 1 is 1.04 bits per heavy atom. The first-order valence-corrected chi connectivity index (χ1v) is 8.28. The molecular weight excluding hydrogens is 295 g/mol. The molecule has 1 aliphatic carbocycles. The predicted octanol–water partition coefficient (Wildman–Crippen LogP) is 2.77. The van der Waals surface area contributed by atoms with Crippen LogP contribution in [0, 0.1) is 17.7 Å². The first-order valence-electron chi connectivity index (χ1n) is 8.28. The molecule has 0 heterocycles. The third-order valence-electron chi connectivity index (χ3n) is 4.28. The van der Waals surface area contributed by atoms with Crippen molar-refractivity contribution in [2.24, 2.45) is 11.8 Å². The minimum absolute atomic E-state index is 0.0250. The minimum Gasteiger partial charge on any atom is -0.354 e. The molecule has 0 spiro atoms. The fourth-order valence-electron chi connectivity index (χ4n) is 2.96. The maximum absolute atomic E-state index is 12.8. The van der Waals surface area contributed by atoms with E-state index in [1.807, 2.05) is 13.8 Å². The summed E-state index contributed by atoms with van der Waals surface area (Å²) in [5.74, 6) is -0.155. The Hall–Kier alpha value is -1.91. The number of carbonyl (C=O) groups excluding carboxylic acids is 2. The first kappa shape index (κ1) is 17.4. The first-order chi connectivity index (χ1) is 11.0. The van der Waals surface area contributed by atoms with Gasteiger partial charge in [0.25, 0.3) is 0 Å². The Labute approximate surface area is 136 Å². The highest BCUT2D eigenvalue weighted by molar-refractivity contribution is 5.81. The number of halogens is 1. The van der Waals surface area contributed by atoms with Crippen LogP contribution in [0.5, 0.6) is 0 Å². The molecule has 0 atom stereocenters. The van der Waals surface area contributed by atoms with E-state index in [-0.39, 0.29) is 35.5 Å². The van der Waals surface area contributed by atoms with Crippen molar-refractivity contribution >= 4 is 11.8 Å². The van der Waals surface area contributed by atoms with E-state index in [0.29, 0.717) is 6.54 Å². The van der Waals surface area contributed by atoms with Crippen LogP contribution in [-0.2, 0) is 16.1 Å². The van der Waals surface area contributed by atoms with Gasteiger partial charge >= 0.3 is 0 Å². The van der Waals surface area contributed by atoms with Gasteiger partial charge in [-0.1, -0.05) is 12.1 Å². The number of rotatable bonds is 5. The van der Waals surface area contributed by atoms with E-state index in [1.165, 1.54) is 12.1 Å². The summed E-state index contributed by atoms with van der Waals surface area (Å²) >= 11 is 0. The molecule has 5 heteroatoms. The number of hydrogen-bond donors (Lipinski definition) is 2.